The predicted octanol–water partition coefficient (Wildman–Crippen LogP) is 1.79. The van der Waals surface area contributed by atoms with Crippen LogP contribution in [0.4, 0.5) is 0 Å². The number of nitrogens with one attached hydrogen (secondary N) is 1. The molecule has 0 spiro atoms. The van der Waals surface area contributed by atoms with Crippen LogP contribution in [0.25, 0.3) is 0 Å². The van der Waals surface area contributed by atoms with Gasteiger partial charge in [0.25, 0.3) is 0 Å². The molecule has 5 heteroatoms. The molecule has 1 N–H and O–H groups in total. The first kappa shape index (κ1) is 13.5. The number of aromatic nitrogens is 1. The maximum atomic E-state index is 5.39. The maximum Gasteiger partial charge on any atom is 0.107 e. The lowest BCUT2D eigenvalue weighted by molar-refractivity contribution is 0.0341. The van der Waals surface area contributed by atoms with E-state index in [4.69, 9.17) is 9.72 Å². The van der Waals surface area contributed by atoms with Crippen LogP contribution in [0.15, 0.2) is 0 Å². The normalized spacial score (nSPS) is 20.9. The number of thiazole rings is 1. The summed E-state index contributed by atoms with van der Waals surface area (Å²) < 4.78 is 5.39. The molecule has 0 radical (unpaired) electrons. The van der Waals surface area contributed by atoms with Crippen molar-refractivity contribution < 1.29 is 4.74 Å². The van der Waals surface area contributed by atoms with Crippen LogP contribution >= 0.6 is 11.3 Å². The Bertz CT molecular complexity index is 411. The van der Waals surface area contributed by atoms with Gasteiger partial charge in [0, 0.05) is 30.6 Å². The maximum absolute atomic E-state index is 5.39. The molecular weight excluding hydrogens is 258 g/mol. The number of hydrogen-bond donors (Lipinski definition) is 1. The second-order valence-corrected chi connectivity index (χ2v) is 6.54. The van der Waals surface area contributed by atoms with Gasteiger partial charge in [-0.25, -0.2) is 4.98 Å². The quantitative estimate of drug-likeness (QED) is 0.862. The first-order valence-electron chi connectivity index (χ1n) is 7.36. The zero-order chi connectivity index (χ0) is 13.1. The summed E-state index contributed by atoms with van der Waals surface area (Å²) in [4.78, 5) is 8.70. The Hall–Kier alpha value is -0.490. The van der Waals surface area contributed by atoms with Crippen molar-refractivity contribution in [3.05, 3.63) is 15.6 Å². The van der Waals surface area contributed by atoms with E-state index < -0.39 is 0 Å². The number of ether oxygens (including phenoxy) is 1. The highest BCUT2D eigenvalue weighted by molar-refractivity contribution is 7.11. The molecule has 3 rings (SSSR count). The lowest BCUT2D eigenvalue weighted by atomic mass is 10.3. The van der Waals surface area contributed by atoms with Crippen molar-refractivity contribution in [2.24, 2.45) is 0 Å². The molecule has 0 amide bonds. The summed E-state index contributed by atoms with van der Waals surface area (Å²) in [5.74, 6) is 0. The smallest absolute Gasteiger partial charge is 0.107 e. The summed E-state index contributed by atoms with van der Waals surface area (Å²) in [7, 11) is 0. The van der Waals surface area contributed by atoms with Crippen LogP contribution in [0, 0.1) is 0 Å². The van der Waals surface area contributed by atoms with E-state index in [0.717, 1.165) is 51.9 Å². The number of rotatable bonds is 6. The van der Waals surface area contributed by atoms with Gasteiger partial charge in [0.1, 0.15) is 5.01 Å². The fraction of sp³-hybridized carbons (Fsp3) is 0.786. The lowest BCUT2D eigenvalue weighted by Gasteiger charge is -2.25. The first-order chi connectivity index (χ1) is 9.35. The van der Waals surface area contributed by atoms with E-state index in [1.807, 2.05) is 11.3 Å². The molecule has 1 aromatic rings. The van der Waals surface area contributed by atoms with Crippen molar-refractivity contribution in [3.8, 4) is 0 Å². The van der Waals surface area contributed by atoms with E-state index in [2.05, 4.69) is 17.1 Å². The summed E-state index contributed by atoms with van der Waals surface area (Å²) in [6.07, 6.45) is 3.74. The second-order valence-electron chi connectivity index (χ2n) is 5.37. The Morgan fingerprint density at radius 3 is 2.84 bits per heavy atom. The summed E-state index contributed by atoms with van der Waals surface area (Å²) in [5, 5.41) is 4.87. The van der Waals surface area contributed by atoms with Gasteiger partial charge >= 0.3 is 0 Å². The van der Waals surface area contributed by atoms with Gasteiger partial charge in [-0.05, 0) is 19.3 Å². The lowest BCUT2D eigenvalue weighted by Crippen LogP contribution is -2.35. The molecule has 0 unspecified atom stereocenters. The van der Waals surface area contributed by atoms with Gasteiger partial charge < -0.3 is 10.1 Å². The molecule has 2 fully saturated rings. The van der Waals surface area contributed by atoms with Crippen molar-refractivity contribution in [1.29, 1.82) is 0 Å². The van der Waals surface area contributed by atoms with Crippen LogP contribution in [0.5, 0.6) is 0 Å². The highest BCUT2D eigenvalue weighted by Crippen LogP contribution is 2.24. The average Bonchev–Trinajstić information content (AvgIpc) is 3.19. The van der Waals surface area contributed by atoms with E-state index in [1.165, 1.54) is 28.4 Å². The van der Waals surface area contributed by atoms with Crippen molar-refractivity contribution >= 4 is 11.3 Å². The molecule has 2 aliphatic rings. The molecule has 1 saturated carbocycles. The van der Waals surface area contributed by atoms with Gasteiger partial charge in [0.15, 0.2) is 0 Å². The third kappa shape index (κ3) is 3.75. The molecule has 1 aliphatic heterocycles. The number of nitrogens with zero attached hydrogens (tertiary/aromatic N) is 2. The molecule has 1 aliphatic carbocycles. The molecule has 4 nitrogen and oxygen atoms in total. The van der Waals surface area contributed by atoms with Crippen molar-refractivity contribution in [1.82, 2.24) is 15.2 Å². The van der Waals surface area contributed by atoms with E-state index in [1.54, 1.807) is 0 Å². The van der Waals surface area contributed by atoms with Crippen LogP contribution in [0.3, 0.4) is 0 Å². The van der Waals surface area contributed by atoms with Gasteiger partial charge in [-0.1, -0.05) is 6.92 Å². The predicted molar refractivity (Wildman–Crippen MR) is 77.4 cm³/mol. The molecule has 19 heavy (non-hydrogen) atoms. The Morgan fingerprint density at radius 2 is 2.16 bits per heavy atom. The minimum Gasteiger partial charge on any atom is -0.379 e. The molecular formula is C14H23N3OS. The summed E-state index contributed by atoms with van der Waals surface area (Å²) in [5.41, 5.74) is 1.29. The fourth-order valence-electron chi connectivity index (χ4n) is 2.39. The van der Waals surface area contributed by atoms with Crippen LogP contribution in [0.2, 0.25) is 0 Å². The molecule has 1 saturated heterocycles. The second kappa shape index (κ2) is 6.31. The highest BCUT2D eigenvalue weighted by atomic mass is 32.1. The monoisotopic (exact) mass is 281 g/mol. The SMILES string of the molecule is CCc1nc(CN2CCOCC2)sc1CNC1CC1. The molecule has 1 aromatic heterocycles. The van der Waals surface area contributed by atoms with E-state index in [9.17, 15) is 0 Å². The topological polar surface area (TPSA) is 37.4 Å². The van der Waals surface area contributed by atoms with E-state index >= 15 is 0 Å². The minimum absolute atomic E-state index is 0.773. The summed E-state index contributed by atoms with van der Waals surface area (Å²) >= 11 is 1.89. The number of aryl methyl sites for hydroxylation is 1. The summed E-state index contributed by atoms with van der Waals surface area (Å²) in [6.45, 7) is 8.00. The number of hydrogen-bond acceptors (Lipinski definition) is 5. The van der Waals surface area contributed by atoms with Crippen LogP contribution in [-0.2, 0) is 24.2 Å². The minimum atomic E-state index is 0.773. The molecule has 2 heterocycles. The average molecular weight is 281 g/mol. The Kier molecular flexibility index (Phi) is 4.48. The Labute approximate surface area is 119 Å². The zero-order valence-corrected chi connectivity index (χ0v) is 12.5. The van der Waals surface area contributed by atoms with Crippen molar-refractivity contribution in [2.45, 2.75) is 45.3 Å². The third-order valence-corrected chi connectivity index (χ3v) is 4.83. The van der Waals surface area contributed by atoms with Crippen LogP contribution < -0.4 is 5.32 Å². The van der Waals surface area contributed by atoms with Gasteiger partial charge in [-0.2, -0.15) is 0 Å². The first-order valence-corrected chi connectivity index (χ1v) is 8.17. The number of morpholine rings is 1. The Morgan fingerprint density at radius 1 is 1.37 bits per heavy atom. The van der Waals surface area contributed by atoms with Crippen LogP contribution in [-0.4, -0.2) is 42.2 Å². The van der Waals surface area contributed by atoms with Crippen molar-refractivity contribution in [3.63, 3.8) is 0 Å². The van der Waals surface area contributed by atoms with E-state index in [-0.39, 0.29) is 0 Å². The van der Waals surface area contributed by atoms with Crippen LogP contribution in [0.1, 0.15) is 35.3 Å². The third-order valence-electron chi connectivity index (χ3n) is 3.75. The van der Waals surface area contributed by atoms with Gasteiger partial charge in [-0.15, -0.1) is 11.3 Å². The van der Waals surface area contributed by atoms with Gasteiger partial charge in [-0.3, -0.25) is 4.90 Å². The summed E-state index contributed by atoms with van der Waals surface area (Å²) in [6, 6.07) is 0.773. The van der Waals surface area contributed by atoms with Gasteiger partial charge in [0.05, 0.1) is 25.5 Å². The standard InChI is InChI=1S/C14H23N3OS/c1-2-12-13(9-15-11-3-4-11)19-14(16-12)10-17-5-7-18-8-6-17/h11,15H,2-10H2,1H3. The van der Waals surface area contributed by atoms with E-state index in [0.29, 0.717) is 0 Å². The Balaban J connectivity index is 1.60. The molecule has 0 atom stereocenters. The fourth-order valence-corrected chi connectivity index (χ4v) is 3.54. The van der Waals surface area contributed by atoms with Gasteiger partial charge in [0.2, 0.25) is 0 Å². The largest absolute Gasteiger partial charge is 0.379 e. The van der Waals surface area contributed by atoms with Crippen molar-refractivity contribution in [2.75, 3.05) is 26.3 Å². The zero-order valence-electron chi connectivity index (χ0n) is 11.7. The molecule has 0 bridgehead atoms. The highest BCUT2D eigenvalue weighted by Gasteiger charge is 2.21. The molecule has 106 valence electrons. The molecule has 0 aromatic carbocycles.